The topological polar surface area (TPSA) is 59.2 Å². The molecule has 0 spiro atoms. The minimum Gasteiger partial charge on any atom is -0.341 e. The molecule has 2 aromatic rings. The number of imidazole rings is 2. The molecule has 0 unspecified atom stereocenters. The predicted octanol–water partition coefficient (Wildman–Crippen LogP) is 1.75. The Labute approximate surface area is 155 Å². The van der Waals surface area contributed by atoms with E-state index in [0.29, 0.717) is 12.5 Å². The molecule has 1 aliphatic rings. The van der Waals surface area contributed by atoms with Crippen LogP contribution in [0.15, 0.2) is 24.8 Å². The van der Waals surface area contributed by atoms with Crippen molar-refractivity contribution >= 4 is 5.91 Å². The number of carbonyl (C=O) groups is 1. The summed E-state index contributed by atoms with van der Waals surface area (Å²) in [5.74, 6) is 2.69. The van der Waals surface area contributed by atoms with Crippen LogP contribution >= 0.6 is 0 Å². The molecule has 2 aromatic heterocycles. The quantitative estimate of drug-likeness (QED) is 0.757. The minimum absolute atomic E-state index is 0.180. The van der Waals surface area contributed by atoms with Crippen LogP contribution < -0.4 is 0 Å². The second kappa shape index (κ2) is 8.49. The van der Waals surface area contributed by atoms with Gasteiger partial charge in [-0.1, -0.05) is 0 Å². The van der Waals surface area contributed by atoms with E-state index in [4.69, 9.17) is 0 Å². The molecular formula is C19H30N6O. The molecule has 7 heteroatoms. The predicted molar refractivity (Wildman–Crippen MR) is 101 cm³/mol. The van der Waals surface area contributed by atoms with Gasteiger partial charge in [-0.05, 0) is 46.8 Å². The number of rotatable bonds is 7. The van der Waals surface area contributed by atoms with Crippen LogP contribution in [0.4, 0.5) is 0 Å². The van der Waals surface area contributed by atoms with Gasteiger partial charge < -0.3 is 18.9 Å². The fourth-order valence-corrected chi connectivity index (χ4v) is 3.63. The minimum atomic E-state index is 0.180. The average Bonchev–Trinajstić information content (AvgIpc) is 3.24. The molecule has 7 nitrogen and oxygen atoms in total. The van der Waals surface area contributed by atoms with Gasteiger partial charge in [0.2, 0.25) is 5.91 Å². The van der Waals surface area contributed by atoms with Gasteiger partial charge in [-0.15, -0.1) is 0 Å². The fraction of sp³-hybridized carbons (Fsp3) is 0.632. The summed E-state index contributed by atoms with van der Waals surface area (Å²) in [6.45, 7) is 6.01. The third-order valence-corrected chi connectivity index (χ3v) is 5.19. The van der Waals surface area contributed by atoms with Crippen LogP contribution in [0.3, 0.4) is 0 Å². The van der Waals surface area contributed by atoms with Crippen molar-refractivity contribution in [3.63, 3.8) is 0 Å². The fourth-order valence-electron chi connectivity index (χ4n) is 3.63. The number of carbonyl (C=O) groups excluding carboxylic acids is 1. The number of piperidine rings is 1. The Morgan fingerprint density at radius 1 is 1.15 bits per heavy atom. The van der Waals surface area contributed by atoms with Crippen molar-refractivity contribution in [1.82, 2.24) is 28.9 Å². The number of hydrogen-bond acceptors (Lipinski definition) is 4. The number of hydrogen-bond donors (Lipinski definition) is 0. The highest BCUT2D eigenvalue weighted by atomic mass is 16.2. The first-order chi connectivity index (χ1) is 12.5. The smallest absolute Gasteiger partial charge is 0.242 e. The SMILES string of the molecule is Cc1nccn1CC(=O)N1CCC(c2nccn2CCCN(C)C)CC1. The first-order valence-corrected chi connectivity index (χ1v) is 9.46. The largest absolute Gasteiger partial charge is 0.341 e. The van der Waals surface area contributed by atoms with Crippen molar-refractivity contribution < 1.29 is 4.79 Å². The van der Waals surface area contributed by atoms with E-state index in [0.717, 1.165) is 51.3 Å². The summed E-state index contributed by atoms with van der Waals surface area (Å²) in [5, 5.41) is 0. The van der Waals surface area contributed by atoms with Crippen molar-refractivity contribution in [2.24, 2.45) is 0 Å². The lowest BCUT2D eigenvalue weighted by Crippen LogP contribution is -2.40. The lowest BCUT2D eigenvalue weighted by Gasteiger charge is -2.32. The standard InChI is InChI=1S/C19H30N6O/c1-16-20-7-14-25(16)15-18(26)23-11-5-17(6-12-23)19-21-8-13-24(19)10-4-9-22(2)3/h7-8,13-14,17H,4-6,9-12,15H2,1-3H3. The van der Waals surface area contributed by atoms with Crippen molar-refractivity contribution in [3.05, 3.63) is 36.4 Å². The van der Waals surface area contributed by atoms with E-state index in [-0.39, 0.29) is 5.91 Å². The second-order valence-corrected chi connectivity index (χ2v) is 7.39. The van der Waals surface area contributed by atoms with Crippen LogP contribution in [0, 0.1) is 6.92 Å². The van der Waals surface area contributed by atoms with E-state index < -0.39 is 0 Å². The average molecular weight is 358 g/mol. The normalized spacial score (nSPS) is 15.8. The van der Waals surface area contributed by atoms with Crippen molar-refractivity contribution in [1.29, 1.82) is 0 Å². The lowest BCUT2D eigenvalue weighted by molar-refractivity contribution is -0.132. The third kappa shape index (κ3) is 4.52. The van der Waals surface area contributed by atoms with E-state index in [1.165, 1.54) is 5.82 Å². The molecular weight excluding hydrogens is 328 g/mol. The first kappa shape index (κ1) is 18.6. The zero-order chi connectivity index (χ0) is 18.5. The van der Waals surface area contributed by atoms with Gasteiger partial charge in [0, 0.05) is 50.3 Å². The molecule has 0 N–H and O–H groups in total. The summed E-state index contributed by atoms with van der Waals surface area (Å²) < 4.78 is 4.20. The van der Waals surface area contributed by atoms with Gasteiger partial charge in [0.15, 0.2) is 0 Å². The van der Waals surface area contributed by atoms with E-state index in [1.807, 2.05) is 28.8 Å². The van der Waals surface area contributed by atoms with Crippen LogP contribution in [0.2, 0.25) is 0 Å². The van der Waals surface area contributed by atoms with E-state index >= 15 is 0 Å². The van der Waals surface area contributed by atoms with Gasteiger partial charge in [-0.25, -0.2) is 9.97 Å². The summed E-state index contributed by atoms with van der Waals surface area (Å²) in [6.07, 6.45) is 10.7. The number of aryl methyl sites for hydroxylation is 2. The summed E-state index contributed by atoms with van der Waals surface area (Å²) in [5.41, 5.74) is 0. The van der Waals surface area contributed by atoms with E-state index in [1.54, 1.807) is 6.20 Å². The molecule has 0 atom stereocenters. The summed E-state index contributed by atoms with van der Waals surface area (Å²) in [6, 6.07) is 0. The zero-order valence-electron chi connectivity index (χ0n) is 16.1. The van der Waals surface area contributed by atoms with Gasteiger partial charge in [0.1, 0.15) is 18.2 Å². The number of likely N-dealkylation sites (tertiary alicyclic amines) is 1. The van der Waals surface area contributed by atoms with Crippen LogP contribution in [-0.2, 0) is 17.9 Å². The maximum absolute atomic E-state index is 12.5. The van der Waals surface area contributed by atoms with E-state index in [9.17, 15) is 4.79 Å². The molecule has 0 radical (unpaired) electrons. The molecule has 0 saturated carbocycles. The number of nitrogens with zero attached hydrogens (tertiary/aromatic N) is 6. The Kier molecular flexibility index (Phi) is 6.08. The van der Waals surface area contributed by atoms with Crippen molar-refractivity contribution in [2.75, 3.05) is 33.7 Å². The van der Waals surface area contributed by atoms with Gasteiger partial charge in [0.05, 0.1) is 0 Å². The van der Waals surface area contributed by atoms with Crippen LogP contribution in [-0.4, -0.2) is 68.5 Å². The maximum atomic E-state index is 12.5. The Morgan fingerprint density at radius 3 is 2.50 bits per heavy atom. The molecule has 142 valence electrons. The van der Waals surface area contributed by atoms with Crippen molar-refractivity contribution in [2.45, 2.75) is 45.2 Å². The maximum Gasteiger partial charge on any atom is 0.242 e. The van der Waals surface area contributed by atoms with Crippen LogP contribution in [0.1, 0.15) is 36.8 Å². The van der Waals surface area contributed by atoms with Crippen LogP contribution in [0.25, 0.3) is 0 Å². The van der Waals surface area contributed by atoms with E-state index in [2.05, 4.69) is 39.7 Å². The highest BCUT2D eigenvalue weighted by molar-refractivity contribution is 5.76. The molecule has 1 saturated heterocycles. The summed E-state index contributed by atoms with van der Waals surface area (Å²) >= 11 is 0. The summed E-state index contributed by atoms with van der Waals surface area (Å²) in [4.78, 5) is 25.5. The molecule has 0 aliphatic carbocycles. The first-order valence-electron chi connectivity index (χ1n) is 9.46. The Bertz CT molecular complexity index is 711. The monoisotopic (exact) mass is 358 g/mol. The Morgan fingerprint density at radius 2 is 1.85 bits per heavy atom. The van der Waals surface area contributed by atoms with Gasteiger partial charge in [-0.2, -0.15) is 0 Å². The lowest BCUT2D eigenvalue weighted by atomic mass is 9.95. The molecule has 1 fully saturated rings. The van der Waals surface area contributed by atoms with Gasteiger partial charge >= 0.3 is 0 Å². The Balaban J connectivity index is 1.51. The third-order valence-electron chi connectivity index (χ3n) is 5.19. The Hall–Kier alpha value is -2.15. The van der Waals surface area contributed by atoms with Gasteiger partial charge in [0.25, 0.3) is 0 Å². The number of aromatic nitrogens is 4. The molecule has 3 rings (SSSR count). The molecule has 1 aliphatic heterocycles. The van der Waals surface area contributed by atoms with Crippen LogP contribution in [0.5, 0.6) is 0 Å². The molecule has 0 aromatic carbocycles. The number of amides is 1. The summed E-state index contributed by atoms with van der Waals surface area (Å²) in [7, 11) is 4.21. The highest BCUT2D eigenvalue weighted by Gasteiger charge is 2.26. The van der Waals surface area contributed by atoms with Gasteiger partial charge in [-0.3, -0.25) is 4.79 Å². The highest BCUT2D eigenvalue weighted by Crippen LogP contribution is 2.27. The van der Waals surface area contributed by atoms with Crippen molar-refractivity contribution in [3.8, 4) is 0 Å². The molecule has 3 heterocycles. The molecule has 26 heavy (non-hydrogen) atoms. The zero-order valence-corrected chi connectivity index (χ0v) is 16.1. The second-order valence-electron chi connectivity index (χ2n) is 7.39. The molecule has 0 bridgehead atoms. The molecule has 1 amide bonds.